The van der Waals surface area contributed by atoms with Crippen LogP contribution in [0.1, 0.15) is 32.6 Å². The molecule has 0 bridgehead atoms. The van der Waals surface area contributed by atoms with E-state index in [1.165, 1.54) is 19.3 Å². The van der Waals surface area contributed by atoms with Crippen molar-refractivity contribution in [2.75, 3.05) is 26.2 Å². The van der Waals surface area contributed by atoms with Gasteiger partial charge < -0.3 is 15.0 Å². The summed E-state index contributed by atoms with van der Waals surface area (Å²) in [6.45, 7) is 5.87. The third kappa shape index (κ3) is 3.90. The molecule has 1 aromatic heterocycles. The van der Waals surface area contributed by atoms with E-state index < -0.39 is 0 Å². The van der Waals surface area contributed by atoms with Crippen molar-refractivity contribution in [1.82, 2.24) is 15.2 Å². The van der Waals surface area contributed by atoms with E-state index >= 15 is 0 Å². The molecule has 5 nitrogen and oxygen atoms in total. The molecule has 1 N–H and O–H groups in total. The van der Waals surface area contributed by atoms with Crippen molar-refractivity contribution in [3.63, 3.8) is 0 Å². The smallest absolute Gasteiger partial charge is 0.213 e. The fourth-order valence-corrected chi connectivity index (χ4v) is 2.92. The Kier molecular flexibility index (Phi) is 5.14. The van der Waals surface area contributed by atoms with Gasteiger partial charge in [0, 0.05) is 38.3 Å². The Morgan fingerprint density at radius 1 is 1.41 bits per heavy atom. The summed E-state index contributed by atoms with van der Waals surface area (Å²) in [7, 11) is 0. The molecule has 2 aliphatic rings. The minimum absolute atomic E-state index is 0.197. The molecule has 2 heterocycles. The highest BCUT2D eigenvalue weighted by atomic mass is 16.5. The highest BCUT2D eigenvalue weighted by Gasteiger charge is 2.27. The van der Waals surface area contributed by atoms with Crippen LogP contribution in [-0.2, 0) is 0 Å². The number of ether oxygens (including phenoxy) is 1. The fraction of sp³-hybridized carbons (Fsp3) is 0.647. The largest absolute Gasteiger partial charge is 0.472 e. The number of likely N-dealkylation sites (tertiary alicyclic amines) is 1. The van der Waals surface area contributed by atoms with Crippen LogP contribution in [0.15, 0.2) is 29.4 Å². The molecule has 0 amide bonds. The van der Waals surface area contributed by atoms with Crippen molar-refractivity contribution in [1.29, 1.82) is 0 Å². The van der Waals surface area contributed by atoms with Crippen LogP contribution in [-0.4, -0.2) is 48.1 Å². The van der Waals surface area contributed by atoms with Crippen LogP contribution in [0.2, 0.25) is 0 Å². The predicted molar refractivity (Wildman–Crippen MR) is 88.2 cm³/mol. The molecule has 120 valence electrons. The van der Waals surface area contributed by atoms with Crippen LogP contribution in [0, 0.1) is 5.92 Å². The van der Waals surface area contributed by atoms with Gasteiger partial charge in [-0.2, -0.15) is 0 Å². The third-order valence-electron chi connectivity index (χ3n) is 4.43. The summed E-state index contributed by atoms with van der Waals surface area (Å²) in [4.78, 5) is 11.4. The van der Waals surface area contributed by atoms with Gasteiger partial charge in [-0.3, -0.25) is 4.99 Å². The van der Waals surface area contributed by atoms with Gasteiger partial charge in [0.2, 0.25) is 5.88 Å². The van der Waals surface area contributed by atoms with E-state index in [4.69, 9.17) is 9.73 Å². The van der Waals surface area contributed by atoms with Crippen LogP contribution < -0.4 is 10.1 Å². The molecular weight excluding hydrogens is 276 g/mol. The minimum Gasteiger partial charge on any atom is -0.472 e. The number of guanidine groups is 1. The van der Waals surface area contributed by atoms with Crippen LogP contribution >= 0.6 is 0 Å². The molecule has 1 aliphatic heterocycles. The Labute approximate surface area is 132 Å². The first-order chi connectivity index (χ1) is 10.8. The highest BCUT2D eigenvalue weighted by molar-refractivity contribution is 5.80. The maximum Gasteiger partial charge on any atom is 0.213 e. The summed E-state index contributed by atoms with van der Waals surface area (Å²) in [5.74, 6) is 2.56. The second-order valence-corrected chi connectivity index (χ2v) is 6.13. The zero-order valence-corrected chi connectivity index (χ0v) is 13.4. The Balaban J connectivity index is 1.54. The Morgan fingerprint density at radius 2 is 2.32 bits per heavy atom. The molecule has 0 aromatic carbocycles. The third-order valence-corrected chi connectivity index (χ3v) is 4.43. The van der Waals surface area contributed by atoms with E-state index in [9.17, 15) is 0 Å². The van der Waals surface area contributed by atoms with E-state index in [0.29, 0.717) is 5.88 Å². The van der Waals surface area contributed by atoms with E-state index in [2.05, 4.69) is 22.1 Å². The first-order valence-corrected chi connectivity index (χ1v) is 8.46. The molecule has 0 radical (unpaired) electrons. The molecular formula is C17H26N4O. The lowest BCUT2D eigenvalue weighted by Crippen LogP contribution is -2.41. The topological polar surface area (TPSA) is 49.8 Å². The number of pyridine rings is 1. The van der Waals surface area contributed by atoms with Gasteiger partial charge in [0.25, 0.3) is 0 Å². The first kappa shape index (κ1) is 15.1. The molecule has 0 spiro atoms. The standard InChI is InChI=1S/C17H26N4O/c1-2-18-17(20-12-14-6-5-7-14)21-11-9-15(13-21)22-16-8-3-4-10-19-16/h3-4,8,10,14-15H,2,5-7,9,11-13H2,1H3,(H,18,20). The van der Waals surface area contributed by atoms with Gasteiger partial charge in [0.15, 0.2) is 5.96 Å². The van der Waals surface area contributed by atoms with Crippen molar-refractivity contribution in [3.8, 4) is 5.88 Å². The molecule has 22 heavy (non-hydrogen) atoms. The van der Waals surface area contributed by atoms with Crippen molar-refractivity contribution < 1.29 is 4.74 Å². The number of nitrogens with zero attached hydrogens (tertiary/aromatic N) is 3. The van der Waals surface area contributed by atoms with E-state index in [-0.39, 0.29) is 6.10 Å². The highest BCUT2D eigenvalue weighted by Crippen LogP contribution is 2.26. The molecule has 1 aromatic rings. The summed E-state index contributed by atoms with van der Waals surface area (Å²) in [6, 6.07) is 5.78. The van der Waals surface area contributed by atoms with E-state index in [0.717, 1.165) is 44.5 Å². The number of nitrogens with one attached hydrogen (secondary N) is 1. The van der Waals surface area contributed by atoms with Gasteiger partial charge in [-0.15, -0.1) is 0 Å². The molecule has 1 saturated heterocycles. The second kappa shape index (κ2) is 7.47. The number of aliphatic imine (C=N–C) groups is 1. The van der Waals surface area contributed by atoms with Gasteiger partial charge in [0.05, 0.1) is 6.54 Å². The number of hydrogen-bond donors (Lipinski definition) is 1. The van der Waals surface area contributed by atoms with E-state index in [1.807, 2.05) is 18.2 Å². The SMILES string of the molecule is CCNC(=NCC1CCC1)N1CCC(Oc2ccccn2)C1. The van der Waals surface area contributed by atoms with Crippen LogP contribution in [0.4, 0.5) is 0 Å². The second-order valence-electron chi connectivity index (χ2n) is 6.13. The molecule has 3 rings (SSSR count). The van der Waals surface area contributed by atoms with Gasteiger partial charge in [-0.05, 0) is 31.7 Å². The van der Waals surface area contributed by atoms with Gasteiger partial charge >= 0.3 is 0 Å². The monoisotopic (exact) mass is 302 g/mol. The predicted octanol–water partition coefficient (Wildman–Crippen LogP) is 2.30. The average molecular weight is 302 g/mol. The van der Waals surface area contributed by atoms with Crippen LogP contribution in [0.25, 0.3) is 0 Å². The molecule has 1 atom stereocenters. The van der Waals surface area contributed by atoms with Crippen molar-refractivity contribution in [3.05, 3.63) is 24.4 Å². The summed E-state index contributed by atoms with van der Waals surface area (Å²) in [6.07, 6.45) is 7.04. The lowest BCUT2D eigenvalue weighted by atomic mass is 9.86. The van der Waals surface area contributed by atoms with Crippen LogP contribution in [0.3, 0.4) is 0 Å². The molecule has 2 fully saturated rings. The summed E-state index contributed by atoms with van der Waals surface area (Å²) in [5, 5.41) is 3.42. The zero-order valence-electron chi connectivity index (χ0n) is 13.4. The molecule has 5 heteroatoms. The first-order valence-electron chi connectivity index (χ1n) is 8.46. The normalized spacial score (nSPS) is 22.5. The molecule has 1 saturated carbocycles. The van der Waals surface area contributed by atoms with Gasteiger partial charge in [0.1, 0.15) is 6.10 Å². The van der Waals surface area contributed by atoms with Crippen LogP contribution in [0.5, 0.6) is 5.88 Å². The summed E-state index contributed by atoms with van der Waals surface area (Å²) >= 11 is 0. The number of rotatable bonds is 5. The lowest BCUT2D eigenvalue weighted by Gasteiger charge is -2.26. The van der Waals surface area contributed by atoms with E-state index in [1.54, 1.807) is 6.20 Å². The molecule has 1 aliphatic carbocycles. The maximum absolute atomic E-state index is 5.96. The quantitative estimate of drug-likeness (QED) is 0.670. The van der Waals surface area contributed by atoms with Crippen molar-refractivity contribution >= 4 is 5.96 Å². The molecule has 1 unspecified atom stereocenters. The fourth-order valence-electron chi connectivity index (χ4n) is 2.92. The maximum atomic E-state index is 5.96. The number of aromatic nitrogens is 1. The Hall–Kier alpha value is -1.78. The summed E-state index contributed by atoms with van der Waals surface area (Å²) in [5.41, 5.74) is 0. The summed E-state index contributed by atoms with van der Waals surface area (Å²) < 4.78 is 5.96. The average Bonchev–Trinajstić information content (AvgIpc) is 2.94. The Morgan fingerprint density at radius 3 is 3.00 bits per heavy atom. The lowest BCUT2D eigenvalue weighted by molar-refractivity contribution is 0.205. The number of hydrogen-bond acceptors (Lipinski definition) is 3. The Bertz CT molecular complexity index is 487. The minimum atomic E-state index is 0.197. The van der Waals surface area contributed by atoms with Crippen molar-refractivity contribution in [2.45, 2.75) is 38.7 Å². The van der Waals surface area contributed by atoms with Gasteiger partial charge in [-0.1, -0.05) is 12.5 Å². The van der Waals surface area contributed by atoms with Gasteiger partial charge in [-0.25, -0.2) is 4.98 Å². The van der Waals surface area contributed by atoms with Crippen molar-refractivity contribution in [2.24, 2.45) is 10.9 Å². The zero-order chi connectivity index (χ0) is 15.2.